The summed E-state index contributed by atoms with van der Waals surface area (Å²) in [5.74, 6) is -1.46. The van der Waals surface area contributed by atoms with E-state index in [1.807, 2.05) is 0 Å². The maximum absolute atomic E-state index is 12.0. The number of hydrogen-bond acceptors (Lipinski definition) is 3. The summed E-state index contributed by atoms with van der Waals surface area (Å²) in [4.78, 5) is 24.5. The first-order chi connectivity index (χ1) is 8.08. The van der Waals surface area contributed by atoms with Gasteiger partial charge in [0.25, 0.3) is 5.91 Å². The van der Waals surface area contributed by atoms with Gasteiger partial charge in [-0.25, -0.2) is 0 Å². The van der Waals surface area contributed by atoms with Crippen molar-refractivity contribution in [3.63, 3.8) is 0 Å². The van der Waals surface area contributed by atoms with E-state index < -0.39 is 11.9 Å². The molecular weight excluding hydrogens is 222 g/mol. The molecule has 0 spiro atoms. The first kappa shape index (κ1) is 11.6. The number of amides is 1. The first-order valence-electron chi connectivity index (χ1n) is 5.59. The summed E-state index contributed by atoms with van der Waals surface area (Å²) < 4.78 is 1.56. The smallest absolute Gasteiger partial charge is 0.308 e. The van der Waals surface area contributed by atoms with Crippen molar-refractivity contribution in [1.29, 1.82) is 0 Å². The molecule has 92 valence electrons. The molecule has 6 heteroatoms. The van der Waals surface area contributed by atoms with E-state index in [2.05, 4.69) is 5.10 Å². The van der Waals surface area contributed by atoms with Crippen molar-refractivity contribution < 1.29 is 14.7 Å². The Morgan fingerprint density at radius 3 is 2.88 bits per heavy atom. The Labute approximate surface area is 98.8 Å². The van der Waals surface area contributed by atoms with Crippen LogP contribution in [0.15, 0.2) is 12.3 Å². The summed E-state index contributed by atoms with van der Waals surface area (Å²) in [6.45, 7) is 0.893. The molecule has 0 radical (unpaired) electrons. The van der Waals surface area contributed by atoms with Gasteiger partial charge < -0.3 is 10.0 Å². The number of piperidine rings is 1. The summed E-state index contributed by atoms with van der Waals surface area (Å²) in [6, 6.07) is 1.65. The zero-order valence-electron chi connectivity index (χ0n) is 9.67. The van der Waals surface area contributed by atoms with Crippen molar-refractivity contribution in [2.24, 2.45) is 13.0 Å². The van der Waals surface area contributed by atoms with E-state index in [1.54, 1.807) is 28.9 Å². The lowest BCUT2D eigenvalue weighted by atomic mass is 9.98. The Morgan fingerprint density at radius 2 is 2.29 bits per heavy atom. The first-order valence-corrected chi connectivity index (χ1v) is 5.59. The highest BCUT2D eigenvalue weighted by molar-refractivity contribution is 5.92. The molecule has 1 fully saturated rings. The van der Waals surface area contributed by atoms with Crippen LogP contribution in [0.3, 0.4) is 0 Å². The van der Waals surface area contributed by atoms with Crippen LogP contribution in [0.5, 0.6) is 0 Å². The number of hydrogen-bond donors (Lipinski definition) is 1. The average Bonchev–Trinajstić information content (AvgIpc) is 2.75. The molecule has 17 heavy (non-hydrogen) atoms. The third-order valence-corrected chi connectivity index (χ3v) is 2.99. The van der Waals surface area contributed by atoms with Crippen LogP contribution in [0, 0.1) is 5.92 Å². The lowest BCUT2D eigenvalue weighted by molar-refractivity contribution is -0.143. The molecule has 1 aromatic heterocycles. The van der Waals surface area contributed by atoms with Crippen molar-refractivity contribution in [1.82, 2.24) is 14.7 Å². The van der Waals surface area contributed by atoms with E-state index in [0.717, 1.165) is 6.42 Å². The quantitative estimate of drug-likeness (QED) is 0.805. The van der Waals surface area contributed by atoms with Crippen molar-refractivity contribution in [2.75, 3.05) is 13.1 Å². The van der Waals surface area contributed by atoms with E-state index in [-0.39, 0.29) is 12.5 Å². The summed E-state index contributed by atoms with van der Waals surface area (Å²) in [5, 5.41) is 13.0. The monoisotopic (exact) mass is 237 g/mol. The third-order valence-electron chi connectivity index (χ3n) is 2.99. The molecule has 0 aromatic carbocycles. The number of aryl methyl sites for hydroxylation is 1. The molecule has 2 rings (SSSR count). The number of aromatic nitrogens is 2. The van der Waals surface area contributed by atoms with Gasteiger partial charge in [0, 0.05) is 26.3 Å². The van der Waals surface area contributed by atoms with Gasteiger partial charge in [-0.1, -0.05) is 0 Å². The van der Waals surface area contributed by atoms with Gasteiger partial charge in [-0.3, -0.25) is 14.3 Å². The van der Waals surface area contributed by atoms with Crippen molar-refractivity contribution >= 4 is 11.9 Å². The molecule has 0 bridgehead atoms. The summed E-state index contributed by atoms with van der Waals surface area (Å²) in [6.07, 6.45) is 3.07. The molecule has 1 atom stereocenters. The molecular formula is C11H15N3O3. The molecule has 1 aliphatic heterocycles. The van der Waals surface area contributed by atoms with E-state index in [4.69, 9.17) is 5.11 Å². The van der Waals surface area contributed by atoms with E-state index in [1.165, 1.54) is 0 Å². The second-order valence-electron chi connectivity index (χ2n) is 4.30. The zero-order valence-corrected chi connectivity index (χ0v) is 9.67. The minimum Gasteiger partial charge on any atom is -0.481 e. The molecule has 1 amide bonds. The van der Waals surface area contributed by atoms with Gasteiger partial charge in [0.2, 0.25) is 0 Å². The Bertz CT molecular complexity index is 441. The van der Waals surface area contributed by atoms with Crippen LogP contribution in [0.25, 0.3) is 0 Å². The molecule has 0 unspecified atom stereocenters. The minimum atomic E-state index is -0.830. The highest BCUT2D eigenvalue weighted by Gasteiger charge is 2.29. The SMILES string of the molecule is Cn1ccc(C(=O)N2CCC[C@@H](C(=O)O)C2)n1. The second kappa shape index (κ2) is 4.57. The summed E-state index contributed by atoms with van der Waals surface area (Å²) >= 11 is 0. The molecule has 1 N–H and O–H groups in total. The molecule has 1 aromatic rings. The highest BCUT2D eigenvalue weighted by atomic mass is 16.4. The fourth-order valence-electron chi connectivity index (χ4n) is 2.05. The van der Waals surface area contributed by atoms with E-state index in [9.17, 15) is 9.59 Å². The van der Waals surface area contributed by atoms with Crippen molar-refractivity contribution in [2.45, 2.75) is 12.8 Å². The van der Waals surface area contributed by atoms with Gasteiger partial charge in [-0.2, -0.15) is 5.10 Å². The number of carbonyl (C=O) groups excluding carboxylic acids is 1. The number of rotatable bonds is 2. The van der Waals surface area contributed by atoms with Gasteiger partial charge in [-0.05, 0) is 18.9 Å². The van der Waals surface area contributed by atoms with Crippen LogP contribution in [-0.4, -0.2) is 44.8 Å². The lowest BCUT2D eigenvalue weighted by Crippen LogP contribution is -2.42. The largest absolute Gasteiger partial charge is 0.481 e. The fourth-order valence-corrected chi connectivity index (χ4v) is 2.05. The second-order valence-corrected chi connectivity index (χ2v) is 4.30. The van der Waals surface area contributed by atoms with Crippen LogP contribution < -0.4 is 0 Å². The van der Waals surface area contributed by atoms with Crippen LogP contribution in [0.2, 0.25) is 0 Å². The molecule has 6 nitrogen and oxygen atoms in total. The maximum Gasteiger partial charge on any atom is 0.308 e. The lowest BCUT2D eigenvalue weighted by Gasteiger charge is -2.30. The summed E-state index contributed by atoms with van der Waals surface area (Å²) in [5.41, 5.74) is 0.374. The zero-order chi connectivity index (χ0) is 12.4. The van der Waals surface area contributed by atoms with Crippen LogP contribution in [-0.2, 0) is 11.8 Å². The minimum absolute atomic E-state index is 0.184. The van der Waals surface area contributed by atoms with Gasteiger partial charge in [0.1, 0.15) is 5.69 Å². The number of carboxylic acids is 1. The van der Waals surface area contributed by atoms with Gasteiger partial charge in [0.15, 0.2) is 0 Å². The van der Waals surface area contributed by atoms with Gasteiger partial charge >= 0.3 is 5.97 Å². The normalized spacial score (nSPS) is 20.3. The van der Waals surface area contributed by atoms with E-state index in [0.29, 0.717) is 18.7 Å². The Morgan fingerprint density at radius 1 is 1.53 bits per heavy atom. The molecule has 1 aliphatic rings. The average molecular weight is 237 g/mol. The Balaban J connectivity index is 2.07. The number of likely N-dealkylation sites (tertiary alicyclic amines) is 1. The third kappa shape index (κ3) is 2.46. The number of aliphatic carboxylic acids is 1. The van der Waals surface area contributed by atoms with Gasteiger partial charge in [0.05, 0.1) is 5.92 Å². The number of carboxylic acid groups (broad SMARTS) is 1. The van der Waals surface area contributed by atoms with Crippen molar-refractivity contribution in [3.05, 3.63) is 18.0 Å². The molecule has 0 saturated carbocycles. The highest BCUT2D eigenvalue weighted by Crippen LogP contribution is 2.18. The van der Waals surface area contributed by atoms with E-state index >= 15 is 0 Å². The predicted octanol–water partition coefficient (Wildman–Crippen LogP) is 0.357. The Kier molecular flexibility index (Phi) is 3.12. The van der Waals surface area contributed by atoms with Crippen LogP contribution >= 0.6 is 0 Å². The topological polar surface area (TPSA) is 75.4 Å². The standard InChI is InChI=1S/C11H15N3O3/c1-13-6-4-9(12-13)10(15)14-5-2-3-8(7-14)11(16)17/h4,6,8H,2-3,5,7H2,1H3,(H,16,17)/t8-/m1/s1. The van der Waals surface area contributed by atoms with Gasteiger partial charge in [-0.15, -0.1) is 0 Å². The molecule has 0 aliphatic carbocycles. The molecule has 1 saturated heterocycles. The van der Waals surface area contributed by atoms with Crippen molar-refractivity contribution in [3.8, 4) is 0 Å². The van der Waals surface area contributed by atoms with Crippen LogP contribution in [0.4, 0.5) is 0 Å². The summed E-state index contributed by atoms with van der Waals surface area (Å²) in [7, 11) is 1.74. The Hall–Kier alpha value is -1.85. The maximum atomic E-state index is 12.0. The number of carbonyl (C=O) groups is 2. The number of nitrogens with zero attached hydrogens (tertiary/aromatic N) is 3. The fraction of sp³-hybridized carbons (Fsp3) is 0.545. The predicted molar refractivity (Wildman–Crippen MR) is 59.5 cm³/mol. The van der Waals surface area contributed by atoms with Crippen LogP contribution in [0.1, 0.15) is 23.3 Å². The molecule has 2 heterocycles.